The van der Waals surface area contributed by atoms with Crippen molar-refractivity contribution in [2.24, 2.45) is 0 Å². The molecule has 1 N–H and O–H groups in total. The topological polar surface area (TPSA) is 30.5 Å². The summed E-state index contributed by atoms with van der Waals surface area (Å²) >= 11 is 0. The number of ether oxygens (including phenoxy) is 2. The molecule has 162 valence electrons. The van der Waals surface area contributed by atoms with Crippen LogP contribution in [0.15, 0.2) is 66.7 Å². The molecule has 0 amide bonds. The fraction of sp³-hybridized carbons (Fsp3) is 0.280. The predicted molar refractivity (Wildman–Crippen MR) is 114 cm³/mol. The molecule has 3 aromatic carbocycles. The van der Waals surface area contributed by atoms with E-state index in [1.807, 2.05) is 36.4 Å². The molecule has 1 unspecified atom stereocenters. The molecule has 0 spiro atoms. The second-order valence-corrected chi connectivity index (χ2v) is 7.55. The van der Waals surface area contributed by atoms with Gasteiger partial charge in [0.1, 0.15) is 5.75 Å². The molecule has 0 saturated heterocycles. The standard InChI is InChI=1S/C25H24F3NO2/c1-30-22-7-3-5-19-12-13-31-23(24(19)22)16-29-15-17-4-2-6-20(14-17)18-8-10-21(11-9-18)25(26,27)28/h2-11,14,23,29H,12-13,15-16H2,1H3. The van der Waals surface area contributed by atoms with Gasteiger partial charge in [0, 0.05) is 18.7 Å². The van der Waals surface area contributed by atoms with E-state index in [4.69, 9.17) is 9.47 Å². The monoisotopic (exact) mass is 427 g/mol. The molecular weight excluding hydrogens is 403 g/mol. The number of nitrogens with one attached hydrogen (secondary N) is 1. The van der Waals surface area contributed by atoms with Gasteiger partial charge in [-0.1, -0.05) is 42.5 Å². The first-order valence-electron chi connectivity index (χ1n) is 10.2. The largest absolute Gasteiger partial charge is 0.496 e. The maximum absolute atomic E-state index is 12.8. The van der Waals surface area contributed by atoms with Crippen molar-refractivity contribution in [2.75, 3.05) is 20.3 Å². The van der Waals surface area contributed by atoms with E-state index in [2.05, 4.69) is 11.4 Å². The summed E-state index contributed by atoms with van der Waals surface area (Å²) in [6.45, 7) is 1.94. The van der Waals surface area contributed by atoms with Gasteiger partial charge in [0.15, 0.2) is 0 Å². The lowest BCUT2D eigenvalue weighted by molar-refractivity contribution is -0.137. The highest BCUT2D eigenvalue weighted by atomic mass is 19.4. The Labute approximate surface area is 179 Å². The summed E-state index contributed by atoms with van der Waals surface area (Å²) in [5, 5.41) is 3.44. The highest BCUT2D eigenvalue weighted by Gasteiger charge is 2.30. The summed E-state index contributed by atoms with van der Waals surface area (Å²) in [5.74, 6) is 0.841. The Morgan fingerprint density at radius 2 is 1.77 bits per heavy atom. The molecule has 1 aliphatic rings. The Morgan fingerprint density at radius 3 is 2.52 bits per heavy atom. The molecule has 1 atom stereocenters. The molecule has 3 nitrogen and oxygen atoms in total. The number of fused-ring (bicyclic) bond motifs is 1. The lowest BCUT2D eigenvalue weighted by Crippen LogP contribution is -2.27. The normalized spacial score (nSPS) is 16.1. The van der Waals surface area contributed by atoms with Gasteiger partial charge in [0.05, 0.1) is 25.4 Å². The number of halogens is 3. The van der Waals surface area contributed by atoms with Gasteiger partial charge in [-0.2, -0.15) is 13.2 Å². The van der Waals surface area contributed by atoms with Crippen molar-refractivity contribution in [1.82, 2.24) is 5.32 Å². The zero-order chi connectivity index (χ0) is 21.8. The van der Waals surface area contributed by atoms with Crippen molar-refractivity contribution in [3.8, 4) is 16.9 Å². The number of alkyl halides is 3. The molecule has 0 fully saturated rings. The first-order valence-corrected chi connectivity index (χ1v) is 10.2. The van der Waals surface area contributed by atoms with Crippen molar-refractivity contribution in [2.45, 2.75) is 25.2 Å². The fourth-order valence-corrected chi connectivity index (χ4v) is 3.97. The van der Waals surface area contributed by atoms with Crippen molar-refractivity contribution < 1.29 is 22.6 Å². The van der Waals surface area contributed by atoms with Crippen LogP contribution in [0.25, 0.3) is 11.1 Å². The van der Waals surface area contributed by atoms with Gasteiger partial charge in [-0.25, -0.2) is 0 Å². The third-order valence-electron chi connectivity index (χ3n) is 5.52. The molecule has 6 heteroatoms. The Balaban J connectivity index is 1.42. The quantitative estimate of drug-likeness (QED) is 0.541. The number of methoxy groups -OCH3 is 1. The van der Waals surface area contributed by atoms with Crippen LogP contribution in [0, 0.1) is 0 Å². The van der Waals surface area contributed by atoms with E-state index in [0.717, 1.165) is 46.6 Å². The molecule has 1 aliphatic heterocycles. The van der Waals surface area contributed by atoms with Crippen LogP contribution in [0.3, 0.4) is 0 Å². The van der Waals surface area contributed by atoms with Crippen LogP contribution in [0.4, 0.5) is 13.2 Å². The minimum atomic E-state index is -4.33. The molecule has 0 aliphatic carbocycles. The summed E-state index contributed by atoms with van der Waals surface area (Å²) in [6.07, 6.45) is -3.54. The summed E-state index contributed by atoms with van der Waals surface area (Å²) < 4.78 is 49.9. The molecule has 0 radical (unpaired) electrons. The minimum Gasteiger partial charge on any atom is -0.496 e. The van der Waals surface area contributed by atoms with Gasteiger partial charge in [0.2, 0.25) is 0 Å². The lowest BCUT2D eigenvalue weighted by atomic mass is 9.96. The van der Waals surface area contributed by atoms with E-state index >= 15 is 0 Å². The lowest BCUT2D eigenvalue weighted by Gasteiger charge is -2.28. The van der Waals surface area contributed by atoms with Gasteiger partial charge < -0.3 is 14.8 Å². The third-order valence-corrected chi connectivity index (χ3v) is 5.52. The summed E-state index contributed by atoms with van der Waals surface area (Å²) in [7, 11) is 1.67. The summed E-state index contributed by atoms with van der Waals surface area (Å²) in [5.41, 5.74) is 4.40. The second kappa shape index (κ2) is 9.12. The maximum Gasteiger partial charge on any atom is 0.416 e. The molecule has 0 saturated carbocycles. The zero-order valence-corrected chi connectivity index (χ0v) is 17.2. The van der Waals surface area contributed by atoms with Crippen LogP contribution in [0.1, 0.15) is 28.4 Å². The SMILES string of the molecule is COc1cccc2c1C(CNCc1cccc(-c3ccc(C(F)(F)F)cc3)c1)OCC2. The Morgan fingerprint density at radius 1 is 1.00 bits per heavy atom. The average molecular weight is 427 g/mol. The number of benzene rings is 3. The zero-order valence-electron chi connectivity index (χ0n) is 17.2. The van der Waals surface area contributed by atoms with E-state index in [9.17, 15) is 13.2 Å². The van der Waals surface area contributed by atoms with E-state index in [-0.39, 0.29) is 6.10 Å². The Bertz CT molecular complexity index is 1020. The number of rotatable bonds is 6. The fourth-order valence-electron chi connectivity index (χ4n) is 3.97. The number of hydrogen-bond donors (Lipinski definition) is 1. The van der Waals surface area contributed by atoms with Crippen LogP contribution in [0.2, 0.25) is 0 Å². The second-order valence-electron chi connectivity index (χ2n) is 7.55. The number of hydrogen-bond acceptors (Lipinski definition) is 3. The summed E-state index contributed by atoms with van der Waals surface area (Å²) in [6, 6.07) is 19.1. The van der Waals surface area contributed by atoms with Gasteiger partial charge >= 0.3 is 6.18 Å². The first-order chi connectivity index (χ1) is 15.0. The van der Waals surface area contributed by atoms with Crippen LogP contribution in [0.5, 0.6) is 5.75 Å². The van der Waals surface area contributed by atoms with Crippen LogP contribution >= 0.6 is 0 Å². The molecule has 31 heavy (non-hydrogen) atoms. The Hall–Kier alpha value is -2.83. The third kappa shape index (κ3) is 4.92. The highest BCUT2D eigenvalue weighted by Crippen LogP contribution is 2.34. The highest BCUT2D eigenvalue weighted by molar-refractivity contribution is 5.64. The van der Waals surface area contributed by atoms with Crippen LogP contribution < -0.4 is 10.1 Å². The van der Waals surface area contributed by atoms with Gasteiger partial charge in [0.25, 0.3) is 0 Å². The van der Waals surface area contributed by atoms with Crippen LogP contribution in [-0.4, -0.2) is 20.3 Å². The molecule has 4 rings (SSSR count). The smallest absolute Gasteiger partial charge is 0.416 e. The van der Waals surface area contributed by atoms with Crippen molar-refractivity contribution in [3.63, 3.8) is 0 Å². The van der Waals surface area contributed by atoms with Gasteiger partial charge in [-0.15, -0.1) is 0 Å². The Kier molecular flexibility index (Phi) is 6.30. The van der Waals surface area contributed by atoms with Gasteiger partial charge in [-0.3, -0.25) is 0 Å². The van der Waals surface area contributed by atoms with Crippen molar-refractivity contribution >= 4 is 0 Å². The van der Waals surface area contributed by atoms with E-state index in [0.29, 0.717) is 19.7 Å². The molecule has 1 heterocycles. The summed E-state index contributed by atoms with van der Waals surface area (Å²) in [4.78, 5) is 0. The van der Waals surface area contributed by atoms with Gasteiger partial charge in [-0.05, 0) is 52.9 Å². The average Bonchev–Trinajstić information content (AvgIpc) is 2.78. The van der Waals surface area contributed by atoms with E-state index < -0.39 is 11.7 Å². The molecule has 0 bridgehead atoms. The van der Waals surface area contributed by atoms with E-state index in [1.54, 1.807) is 7.11 Å². The minimum absolute atomic E-state index is 0.0852. The molecular formula is C25H24F3NO2. The maximum atomic E-state index is 12.8. The molecule has 3 aromatic rings. The van der Waals surface area contributed by atoms with E-state index in [1.165, 1.54) is 17.7 Å². The molecule has 0 aromatic heterocycles. The van der Waals surface area contributed by atoms with Crippen molar-refractivity contribution in [3.05, 3.63) is 89.0 Å². The predicted octanol–water partition coefficient (Wildman–Crippen LogP) is 5.78. The van der Waals surface area contributed by atoms with Crippen molar-refractivity contribution in [1.29, 1.82) is 0 Å². The first kappa shape index (κ1) is 21.4. The van der Waals surface area contributed by atoms with Crippen LogP contribution in [-0.2, 0) is 23.9 Å².